The van der Waals surface area contributed by atoms with Crippen molar-refractivity contribution >= 4 is 11.9 Å². The highest BCUT2D eigenvalue weighted by Crippen LogP contribution is 2.11. The van der Waals surface area contributed by atoms with E-state index >= 15 is 0 Å². The Kier molecular flexibility index (Phi) is 6.22. The van der Waals surface area contributed by atoms with E-state index in [1.54, 1.807) is 24.3 Å². The van der Waals surface area contributed by atoms with Crippen LogP contribution < -0.4 is 0 Å². The van der Waals surface area contributed by atoms with E-state index in [0.29, 0.717) is 11.1 Å². The number of carbonyl (C=O) groups is 2. The Labute approximate surface area is 120 Å². The summed E-state index contributed by atoms with van der Waals surface area (Å²) in [5.41, 5.74) is 0.871. The molecule has 0 N–H and O–H groups in total. The molecule has 0 bridgehead atoms. The minimum absolute atomic E-state index is 0.113. The van der Waals surface area contributed by atoms with Crippen molar-refractivity contribution in [3.63, 3.8) is 0 Å². The normalized spacial score (nSPS) is 13.4. The highest BCUT2D eigenvalue weighted by Gasteiger charge is 2.14. The number of hydrogen-bond acceptors (Lipinski definition) is 4. The van der Waals surface area contributed by atoms with Crippen molar-refractivity contribution in [2.75, 3.05) is 0 Å². The molecule has 110 valence electrons. The van der Waals surface area contributed by atoms with E-state index < -0.39 is 0 Å². The first-order chi connectivity index (χ1) is 9.47. The molecule has 0 radical (unpaired) electrons. The average molecular weight is 278 g/mol. The molecule has 0 amide bonds. The average Bonchev–Trinajstić information content (AvgIpc) is 2.46. The zero-order chi connectivity index (χ0) is 15.1. The minimum atomic E-state index is -0.374. The lowest BCUT2D eigenvalue weighted by Gasteiger charge is -2.12. The zero-order valence-corrected chi connectivity index (χ0v) is 12.5. The van der Waals surface area contributed by atoms with E-state index in [4.69, 9.17) is 9.47 Å². The van der Waals surface area contributed by atoms with E-state index in [1.165, 1.54) is 0 Å². The van der Waals surface area contributed by atoms with Crippen molar-refractivity contribution in [3.8, 4) is 0 Å². The third-order valence-electron chi connectivity index (χ3n) is 3.12. The van der Waals surface area contributed by atoms with Crippen molar-refractivity contribution < 1.29 is 19.1 Å². The summed E-state index contributed by atoms with van der Waals surface area (Å²) in [6.07, 6.45) is 1.31. The molecule has 0 fully saturated rings. The molecule has 2 atom stereocenters. The second-order valence-electron chi connectivity index (χ2n) is 4.83. The van der Waals surface area contributed by atoms with E-state index in [2.05, 4.69) is 0 Å². The quantitative estimate of drug-likeness (QED) is 0.746. The first-order valence-electron chi connectivity index (χ1n) is 6.99. The fourth-order valence-electron chi connectivity index (χ4n) is 1.41. The molecule has 0 heterocycles. The minimum Gasteiger partial charge on any atom is -0.459 e. The van der Waals surface area contributed by atoms with Crippen molar-refractivity contribution in [2.24, 2.45) is 0 Å². The summed E-state index contributed by atoms with van der Waals surface area (Å²) in [6, 6.07) is 6.33. The second-order valence-corrected chi connectivity index (χ2v) is 4.83. The molecule has 0 saturated heterocycles. The highest BCUT2D eigenvalue weighted by molar-refractivity contribution is 5.93. The van der Waals surface area contributed by atoms with Gasteiger partial charge in [-0.3, -0.25) is 0 Å². The third kappa shape index (κ3) is 4.68. The summed E-state index contributed by atoms with van der Waals surface area (Å²) >= 11 is 0. The van der Waals surface area contributed by atoms with Gasteiger partial charge < -0.3 is 9.47 Å². The second kappa shape index (κ2) is 7.68. The highest BCUT2D eigenvalue weighted by atomic mass is 16.5. The monoisotopic (exact) mass is 278 g/mol. The van der Waals surface area contributed by atoms with Crippen LogP contribution >= 0.6 is 0 Å². The molecule has 0 aliphatic heterocycles. The molecular formula is C16H22O4. The molecule has 1 rings (SSSR count). The number of benzene rings is 1. The topological polar surface area (TPSA) is 52.6 Å². The van der Waals surface area contributed by atoms with Gasteiger partial charge in [0.25, 0.3) is 0 Å². The van der Waals surface area contributed by atoms with Gasteiger partial charge in [0.05, 0.1) is 23.3 Å². The van der Waals surface area contributed by atoms with Gasteiger partial charge in [-0.1, -0.05) is 13.8 Å². The van der Waals surface area contributed by atoms with Gasteiger partial charge >= 0.3 is 11.9 Å². The van der Waals surface area contributed by atoms with Crippen molar-refractivity contribution in [1.82, 2.24) is 0 Å². The van der Waals surface area contributed by atoms with E-state index in [0.717, 1.165) is 12.8 Å². The molecule has 0 aliphatic rings. The Bertz CT molecular complexity index is 407. The molecule has 20 heavy (non-hydrogen) atoms. The summed E-state index contributed by atoms with van der Waals surface area (Å²) in [5.74, 6) is -0.748. The van der Waals surface area contributed by atoms with E-state index in [1.807, 2.05) is 27.7 Å². The third-order valence-corrected chi connectivity index (χ3v) is 3.12. The number of carbonyl (C=O) groups excluding carboxylic acids is 2. The van der Waals surface area contributed by atoms with Crippen LogP contribution in [0.2, 0.25) is 0 Å². The summed E-state index contributed by atoms with van der Waals surface area (Å²) < 4.78 is 10.4. The first-order valence-corrected chi connectivity index (χ1v) is 6.99. The standard InChI is InChI=1S/C16H22O4/c1-5-11(3)19-15(17)13-7-9-14(10-8-13)16(18)20-12(4)6-2/h7-12H,5-6H2,1-4H3/t11-,12-/m0/s1. The molecule has 1 aromatic rings. The van der Waals surface area contributed by atoms with Crippen LogP contribution in [0.4, 0.5) is 0 Å². The lowest BCUT2D eigenvalue weighted by Crippen LogP contribution is -2.15. The lowest BCUT2D eigenvalue weighted by atomic mass is 10.1. The van der Waals surface area contributed by atoms with Gasteiger partial charge in [0.2, 0.25) is 0 Å². The van der Waals surface area contributed by atoms with Gasteiger partial charge in [0, 0.05) is 0 Å². The van der Waals surface area contributed by atoms with Crippen LogP contribution in [-0.4, -0.2) is 24.1 Å². The predicted octanol–water partition coefficient (Wildman–Crippen LogP) is 3.60. The fourth-order valence-corrected chi connectivity index (χ4v) is 1.41. The molecule has 1 aromatic carbocycles. The number of esters is 2. The zero-order valence-electron chi connectivity index (χ0n) is 12.5. The van der Waals surface area contributed by atoms with Crippen LogP contribution in [0.25, 0.3) is 0 Å². The summed E-state index contributed by atoms with van der Waals surface area (Å²) in [7, 11) is 0. The predicted molar refractivity (Wildman–Crippen MR) is 76.8 cm³/mol. The molecule has 0 aromatic heterocycles. The van der Waals surface area contributed by atoms with Crippen LogP contribution in [0.1, 0.15) is 61.3 Å². The van der Waals surface area contributed by atoms with Gasteiger partial charge in [-0.25, -0.2) is 9.59 Å². The molecule has 4 nitrogen and oxygen atoms in total. The fraction of sp³-hybridized carbons (Fsp3) is 0.500. The first kappa shape index (κ1) is 16.2. The Morgan fingerprint density at radius 1 is 0.850 bits per heavy atom. The molecule has 0 aliphatic carbocycles. The maximum Gasteiger partial charge on any atom is 0.338 e. The largest absolute Gasteiger partial charge is 0.459 e. The Balaban J connectivity index is 2.68. The van der Waals surface area contributed by atoms with E-state index in [-0.39, 0.29) is 24.1 Å². The van der Waals surface area contributed by atoms with Gasteiger partial charge in [0.15, 0.2) is 0 Å². The van der Waals surface area contributed by atoms with Gasteiger partial charge in [-0.2, -0.15) is 0 Å². The van der Waals surface area contributed by atoms with Crippen molar-refractivity contribution in [1.29, 1.82) is 0 Å². The van der Waals surface area contributed by atoms with Crippen LogP contribution in [-0.2, 0) is 9.47 Å². The molecular weight excluding hydrogens is 256 g/mol. The summed E-state index contributed by atoms with van der Waals surface area (Å²) in [4.78, 5) is 23.6. The SMILES string of the molecule is CC[C@H](C)OC(=O)c1ccc(C(=O)O[C@@H](C)CC)cc1. The Hall–Kier alpha value is -1.84. The Morgan fingerprint density at radius 3 is 1.40 bits per heavy atom. The molecule has 4 heteroatoms. The van der Waals surface area contributed by atoms with Crippen LogP contribution in [0, 0.1) is 0 Å². The van der Waals surface area contributed by atoms with Gasteiger partial charge in [-0.05, 0) is 51.0 Å². The van der Waals surface area contributed by atoms with Gasteiger partial charge in [-0.15, -0.1) is 0 Å². The molecule has 0 saturated carbocycles. The summed E-state index contributed by atoms with van der Waals surface area (Å²) in [5, 5.41) is 0. The number of hydrogen-bond donors (Lipinski definition) is 0. The Morgan fingerprint density at radius 2 is 1.15 bits per heavy atom. The number of ether oxygens (including phenoxy) is 2. The molecule has 0 spiro atoms. The van der Waals surface area contributed by atoms with Crippen LogP contribution in [0.15, 0.2) is 24.3 Å². The lowest BCUT2D eigenvalue weighted by molar-refractivity contribution is 0.0319. The number of rotatable bonds is 6. The van der Waals surface area contributed by atoms with Crippen molar-refractivity contribution in [2.45, 2.75) is 52.7 Å². The summed E-state index contributed by atoms with van der Waals surface area (Å²) in [6.45, 7) is 7.59. The maximum absolute atomic E-state index is 11.8. The van der Waals surface area contributed by atoms with Crippen LogP contribution in [0.5, 0.6) is 0 Å². The smallest absolute Gasteiger partial charge is 0.338 e. The molecule has 0 unspecified atom stereocenters. The van der Waals surface area contributed by atoms with Crippen molar-refractivity contribution in [3.05, 3.63) is 35.4 Å². The van der Waals surface area contributed by atoms with E-state index in [9.17, 15) is 9.59 Å². The maximum atomic E-state index is 11.8. The van der Waals surface area contributed by atoms with Gasteiger partial charge in [0.1, 0.15) is 0 Å². The van der Waals surface area contributed by atoms with Crippen LogP contribution in [0.3, 0.4) is 0 Å².